The van der Waals surface area contributed by atoms with Gasteiger partial charge in [0.25, 0.3) is 0 Å². The summed E-state index contributed by atoms with van der Waals surface area (Å²) >= 11 is 16.4. The molecular weight excluding hydrogens is 553 g/mol. The van der Waals surface area contributed by atoms with Crippen LogP contribution in [0.15, 0.2) is 48.5 Å². The summed E-state index contributed by atoms with van der Waals surface area (Å²) in [5.74, 6) is 14.4. The largest absolute Gasteiger partial charge is 0.493 e. The molecule has 196 valence electrons. The Hall–Kier alpha value is -0.0600. The maximum atomic E-state index is 6.06. The first-order valence-electron chi connectivity index (χ1n) is 12.0. The van der Waals surface area contributed by atoms with Gasteiger partial charge in [0.2, 0.25) is 0 Å². The van der Waals surface area contributed by atoms with Crippen molar-refractivity contribution in [1.29, 1.82) is 0 Å². The lowest BCUT2D eigenvalue weighted by Gasteiger charge is -2.11. The molecule has 0 saturated carbocycles. The molecule has 0 spiro atoms. The van der Waals surface area contributed by atoms with Crippen LogP contribution in [0, 0.1) is 0 Å². The van der Waals surface area contributed by atoms with Crippen LogP contribution in [0.5, 0.6) is 23.0 Å². The first-order valence-corrected chi connectivity index (χ1v) is 17.9. The summed E-state index contributed by atoms with van der Waals surface area (Å²) in [4.78, 5) is 0. The summed E-state index contributed by atoms with van der Waals surface area (Å²) in [5, 5.41) is 0. The zero-order valence-corrected chi connectivity index (χ0v) is 25.3. The summed E-state index contributed by atoms with van der Waals surface area (Å²) in [6, 6.07) is 15.7. The molecule has 2 rings (SSSR count). The molecule has 3 nitrogen and oxygen atoms in total. The second kappa shape index (κ2) is 22.0. The van der Waals surface area contributed by atoms with Crippen molar-refractivity contribution in [3.63, 3.8) is 0 Å². The van der Waals surface area contributed by atoms with Gasteiger partial charge >= 0.3 is 0 Å². The Morgan fingerprint density at radius 3 is 1.34 bits per heavy atom. The summed E-state index contributed by atoms with van der Waals surface area (Å²) in [6.45, 7) is 1.44. The van der Waals surface area contributed by atoms with Crippen molar-refractivity contribution in [2.45, 2.75) is 12.8 Å². The molecule has 0 atom stereocenters. The van der Waals surface area contributed by atoms with Gasteiger partial charge in [-0.25, -0.2) is 0 Å². The van der Waals surface area contributed by atoms with Gasteiger partial charge in [0.05, 0.1) is 13.2 Å². The maximum Gasteiger partial charge on any atom is 0.131 e. The fraction of sp³-hybridized carbons (Fsp3) is 0.538. The van der Waals surface area contributed by atoms with Gasteiger partial charge in [0.15, 0.2) is 0 Å². The van der Waals surface area contributed by atoms with Crippen LogP contribution >= 0.6 is 72.3 Å². The number of thioether (sulfide) groups is 4. The third-order valence-corrected chi connectivity index (χ3v) is 10.1. The fourth-order valence-electron chi connectivity index (χ4n) is 2.87. The first kappa shape index (κ1) is 31.2. The van der Waals surface area contributed by atoms with Crippen LogP contribution in [0.4, 0.5) is 0 Å². The molecular formula is C26H38O3S6. The number of benzene rings is 2. The van der Waals surface area contributed by atoms with E-state index in [9.17, 15) is 0 Å². The SMILES string of the molecule is SCCSCCSCCCOc1cccc(Oc2cccc(OCCCSCCSCCS)c2)c1. The quantitative estimate of drug-likeness (QED) is 0.107. The monoisotopic (exact) mass is 590 g/mol. The molecule has 0 saturated heterocycles. The average molecular weight is 591 g/mol. The molecule has 2 aromatic rings. The van der Waals surface area contributed by atoms with Gasteiger partial charge in [-0.2, -0.15) is 72.3 Å². The number of ether oxygens (including phenoxy) is 3. The van der Waals surface area contributed by atoms with Gasteiger partial charge in [-0.05, 0) is 60.1 Å². The maximum absolute atomic E-state index is 6.06. The Morgan fingerprint density at radius 2 is 0.914 bits per heavy atom. The van der Waals surface area contributed by atoms with Crippen LogP contribution < -0.4 is 14.2 Å². The van der Waals surface area contributed by atoms with Gasteiger partial charge < -0.3 is 14.2 Å². The van der Waals surface area contributed by atoms with Crippen LogP contribution in [0.25, 0.3) is 0 Å². The zero-order chi connectivity index (χ0) is 24.8. The van der Waals surface area contributed by atoms with E-state index in [-0.39, 0.29) is 0 Å². The molecule has 35 heavy (non-hydrogen) atoms. The van der Waals surface area contributed by atoms with Crippen LogP contribution in [0.3, 0.4) is 0 Å². The molecule has 2 aromatic carbocycles. The Kier molecular flexibility index (Phi) is 19.6. The van der Waals surface area contributed by atoms with Gasteiger partial charge in [-0.15, -0.1) is 0 Å². The second-order valence-corrected chi connectivity index (χ2v) is 13.1. The highest BCUT2D eigenvalue weighted by molar-refractivity contribution is 8.03. The minimum absolute atomic E-state index is 0.719. The van der Waals surface area contributed by atoms with Crippen molar-refractivity contribution < 1.29 is 14.2 Å². The molecule has 9 heteroatoms. The number of hydrogen-bond donors (Lipinski definition) is 2. The number of rotatable bonds is 22. The van der Waals surface area contributed by atoms with Crippen LogP contribution in [-0.2, 0) is 0 Å². The van der Waals surface area contributed by atoms with Crippen molar-refractivity contribution in [3.05, 3.63) is 48.5 Å². The van der Waals surface area contributed by atoms with E-state index >= 15 is 0 Å². The van der Waals surface area contributed by atoms with E-state index in [1.54, 1.807) is 0 Å². The smallest absolute Gasteiger partial charge is 0.131 e. The predicted octanol–water partition coefficient (Wildman–Crippen LogP) is 7.81. The molecule has 0 aromatic heterocycles. The number of thiol groups is 2. The van der Waals surface area contributed by atoms with E-state index < -0.39 is 0 Å². The van der Waals surface area contributed by atoms with E-state index in [0.717, 1.165) is 83.6 Å². The predicted molar refractivity (Wildman–Crippen MR) is 170 cm³/mol. The zero-order valence-electron chi connectivity index (χ0n) is 20.3. The molecule has 0 aliphatic heterocycles. The van der Waals surface area contributed by atoms with E-state index in [4.69, 9.17) is 14.2 Å². The molecule has 0 unspecified atom stereocenters. The molecule has 0 fully saturated rings. The molecule has 0 heterocycles. The highest BCUT2D eigenvalue weighted by Gasteiger charge is 2.03. The lowest BCUT2D eigenvalue weighted by molar-refractivity contribution is 0.315. The van der Waals surface area contributed by atoms with E-state index in [1.807, 2.05) is 95.6 Å². The van der Waals surface area contributed by atoms with E-state index in [2.05, 4.69) is 25.3 Å². The lowest BCUT2D eigenvalue weighted by atomic mass is 10.3. The highest BCUT2D eigenvalue weighted by atomic mass is 32.2. The normalized spacial score (nSPS) is 10.9. The van der Waals surface area contributed by atoms with Crippen LogP contribution in [0.1, 0.15) is 12.8 Å². The summed E-state index contributed by atoms with van der Waals surface area (Å²) in [6.07, 6.45) is 2.08. The minimum atomic E-state index is 0.719. The van der Waals surface area contributed by atoms with Crippen molar-refractivity contribution in [1.82, 2.24) is 0 Å². The minimum Gasteiger partial charge on any atom is -0.493 e. The summed E-state index contributed by atoms with van der Waals surface area (Å²) < 4.78 is 17.9. The molecule has 0 N–H and O–H groups in total. The van der Waals surface area contributed by atoms with Crippen LogP contribution in [-0.4, -0.2) is 70.7 Å². The Morgan fingerprint density at radius 1 is 0.514 bits per heavy atom. The van der Waals surface area contributed by atoms with Gasteiger partial charge in [-0.1, -0.05) is 12.1 Å². The molecule has 0 bridgehead atoms. The Bertz CT molecular complexity index is 717. The number of hydrogen-bond acceptors (Lipinski definition) is 9. The van der Waals surface area contributed by atoms with Crippen molar-refractivity contribution >= 4 is 72.3 Å². The van der Waals surface area contributed by atoms with Gasteiger partial charge in [0, 0.05) is 46.6 Å². The lowest BCUT2D eigenvalue weighted by Crippen LogP contribution is -2.00. The molecule has 0 aliphatic carbocycles. The third-order valence-electron chi connectivity index (χ3n) is 4.47. The summed E-state index contributed by atoms with van der Waals surface area (Å²) in [5.41, 5.74) is 0. The van der Waals surface area contributed by atoms with Gasteiger partial charge in [0.1, 0.15) is 23.0 Å². The Labute approximate surface area is 240 Å². The summed E-state index contributed by atoms with van der Waals surface area (Å²) in [7, 11) is 0. The molecule has 0 aliphatic rings. The average Bonchev–Trinajstić information content (AvgIpc) is 2.87. The van der Waals surface area contributed by atoms with Crippen molar-refractivity contribution in [2.75, 3.05) is 70.7 Å². The molecule has 0 amide bonds. The van der Waals surface area contributed by atoms with Gasteiger partial charge in [-0.3, -0.25) is 0 Å². The Balaban J connectivity index is 1.62. The van der Waals surface area contributed by atoms with E-state index in [1.165, 1.54) is 23.0 Å². The first-order chi connectivity index (χ1) is 17.3. The van der Waals surface area contributed by atoms with E-state index in [0.29, 0.717) is 0 Å². The third kappa shape index (κ3) is 16.4. The second-order valence-electron chi connectivity index (χ2n) is 7.35. The fourth-order valence-corrected chi connectivity index (χ4v) is 7.24. The van der Waals surface area contributed by atoms with Crippen molar-refractivity contribution in [3.8, 4) is 23.0 Å². The van der Waals surface area contributed by atoms with Crippen molar-refractivity contribution in [2.24, 2.45) is 0 Å². The standard InChI is InChI=1S/C26H38O3S6/c30-11-15-34-19-17-32-13-3-9-27-23-5-1-7-25(21-23)29-26-8-2-6-24(22-26)28-10-4-14-33-18-20-35-16-12-31/h1-2,5-8,21-22,30-31H,3-4,9-20H2. The highest BCUT2D eigenvalue weighted by Crippen LogP contribution is 2.28. The topological polar surface area (TPSA) is 27.7 Å². The molecule has 0 radical (unpaired) electrons. The van der Waals surface area contributed by atoms with Crippen LogP contribution in [0.2, 0.25) is 0 Å².